The third-order valence-electron chi connectivity index (χ3n) is 2.52. The molecule has 6 heteroatoms. The lowest BCUT2D eigenvalue weighted by molar-refractivity contribution is 0.112. The maximum Gasteiger partial charge on any atom is 0.253 e. The highest BCUT2D eigenvalue weighted by Gasteiger charge is 2.09. The molecule has 2 aromatic rings. The molecule has 0 amide bonds. The van der Waals surface area contributed by atoms with E-state index in [0.717, 1.165) is 11.3 Å². The van der Waals surface area contributed by atoms with Crippen LogP contribution in [0.1, 0.15) is 25.9 Å². The minimum Gasteiger partial charge on any atom is -0.307 e. The summed E-state index contributed by atoms with van der Waals surface area (Å²) in [6.45, 7) is 3.82. The molecule has 2 heterocycles. The quantitative estimate of drug-likeness (QED) is 0.813. The average molecular weight is 283 g/mol. The van der Waals surface area contributed by atoms with Crippen LogP contribution in [0.15, 0.2) is 17.1 Å². The van der Waals surface area contributed by atoms with E-state index in [1.165, 1.54) is 15.9 Å². The normalized spacial score (nSPS) is 10.6. The predicted octanol–water partition coefficient (Wildman–Crippen LogP) is 2.44. The third-order valence-corrected chi connectivity index (χ3v) is 3.80. The second-order valence-corrected chi connectivity index (χ2v) is 5.50. The highest BCUT2D eigenvalue weighted by atomic mass is 35.5. The summed E-state index contributed by atoms with van der Waals surface area (Å²) in [5.74, 6) is 0. The fourth-order valence-electron chi connectivity index (χ4n) is 1.65. The zero-order chi connectivity index (χ0) is 13.3. The first-order valence-corrected chi connectivity index (χ1v) is 6.49. The first-order chi connectivity index (χ1) is 8.51. The van der Waals surface area contributed by atoms with Crippen molar-refractivity contribution >= 4 is 29.2 Å². The Bertz CT molecular complexity index is 661. The number of rotatable bonds is 3. The van der Waals surface area contributed by atoms with E-state index in [-0.39, 0.29) is 5.56 Å². The van der Waals surface area contributed by atoms with Crippen molar-refractivity contribution in [3.05, 3.63) is 48.8 Å². The zero-order valence-corrected chi connectivity index (χ0v) is 11.5. The van der Waals surface area contributed by atoms with E-state index in [2.05, 4.69) is 4.98 Å². The van der Waals surface area contributed by atoms with Crippen LogP contribution in [0.3, 0.4) is 0 Å². The number of aromatic nitrogens is 2. The maximum atomic E-state index is 11.9. The van der Waals surface area contributed by atoms with Gasteiger partial charge in [0.25, 0.3) is 5.56 Å². The van der Waals surface area contributed by atoms with Crippen LogP contribution < -0.4 is 5.56 Å². The van der Waals surface area contributed by atoms with E-state index in [9.17, 15) is 9.59 Å². The summed E-state index contributed by atoms with van der Waals surface area (Å²) in [4.78, 5) is 27.5. The Morgan fingerprint density at radius 1 is 1.50 bits per heavy atom. The van der Waals surface area contributed by atoms with Crippen LogP contribution in [-0.4, -0.2) is 15.8 Å². The van der Waals surface area contributed by atoms with Crippen LogP contribution in [0, 0.1) is 13.8 Å². The van der Waals surface area contributed by atoms with Crippen LogP contribution >= 0.6 is 22.9 Å². The van der Waals surface area contributed by atoms with E-state index in [1.54, 1.807) is 26.1 Å². The van der Waals surface area contributed by atoms with Crippen molar-refractivity contribution in [2.24, 2.45) is 0 Å². The lowest BCUT2D eigenvalue weighted by atomic mass is 10.3. The van der Waals surface area contributed by atoms with Gasteiger partial charge in [-0.2, -0.15) is 0 Å². The van der Waals surface area contributed by atoms with E-state index in [1.807, 2.05) is 0 Å². The number of carbonyl (C=O) groups excluding carboxylic acids is 1. The highest BCUT2D eigenvalue weighted by molar-refractivity contribution is 7.13. The minimum absolute atomic E-state index is 0.0973. The van der Waals surface area contributed by atoms with Crippen molar-refractivity contribution in [3.63, 3.8) is 0 Å². The van der Waals surface area contributed by atoms with Crippen LogP contribution in [0.5, 0.6) is 0 Å². The lowest BCUT2D eigenvalue weighted by Gasteiger charge is -2.05. The molecule has 0 aliphatic heterocycles. The Morgan fingerprint density at radius 2 is 2.22 bits per heavy atom. The summed E-state index contributed by atoms with van der Waals surface area (Å²) in [6, 6.07) is 1.63. The van der Waals surface area contributed by atoms with Gasteiger partial charge in [0.15, 0.2) is 6.29 Å². The average Bonchev–Trinajstić information content (AvgIpc) is 2.65. The van der Waals surface area contributed by atoms with Crippen LogP contribution in [0.25, 0.3) is 0 Å². The van der Waals surface area contributed by atoms with Gasteiger partial charge in [-0.3, -0.25) is 9.59 Å². The molecule has 0 radical (unpaired) electrons. The van der Waals surface area contributed by atoms with Gasteiger partial charge in [-0.05, 0) is 19.9 Å². The summed E-state index contributed by atoms with van der Waals surface area (Å²) in [5.41, 5.74) is 1.18. The molecule has 0 spiro atoms. The molecule has 0 aliphatic rings. The monoisotopic (exact) mass is 282 g/mol. The molecule has 0 N–H and O–H groups in total. The van der Waals surface area contributed by atoms with Gasteiger partial charge in [-0.15, -0.1) is 11.3 Å². The molecule has 2 rings (SSSR count). The minimum atomic E-state index is -0.0973. The van der Waals surface area contributed by atoms with Crippen molar-refractivity contribution in [1.82, 2.24) is 9.55 Å². The number of hydrogen-bond acceptors (Lipinski definition) is 4. The van der Waals surface area contributed by atoms with Crippen molar-refractivity contribution in [2.75, 3.05) is 0 Å². The molecule has 0 saturated heterocycles. The number of hydrogen-bond donors (Lipinski definition) is 0. The number of thiazole rings is 1. The molecular weight excluding hydrogens is 272 g/mol. The summed E-state index contributed by atoms with van der Waals surface area (Å²) in [6.07, 6.45) is 2.36. The predicted molar refractivity (Wildman–Crippen MR) is 71.8 cm³/mol. The van der Waals surface area contributed by atoms with Gasteiger partial charge in [0.1, 0.15) is 5.01 Å². The SMILES string of the molecule is Cc1nc(Cn2cc(Cl)cc(C)c2=O)sc1C=O. The molecule has 0 fully saturated rings. The second-order valence-electron chi connectivity index (χ2n) is 3.95. The smallest absolute Gasteiger partial charge is 0.253 e. The van der Waals surface area contributed by atoms with Crippen LogP contribution in [-0.2, 0) is 6.54 Å². The van der Waals surface area contributed by atoms with Gasteiger partial charge in [-0.25, -0.2) is 4.98 Å². The molecule has 18 heavy (non-hydrogen) atoms. The molecule has 0 bridgehead atoms. The Hall–Kier alpha value is -1.46. The lowest BCUT2D eigenvalue weighted by Crippen LogP contribution is -2.22. The largest absolute Gasteiger partial charge is 0.307 e. The fraction of sp³-hybridized carbons (Fsp3) is 0.250. The van der Waals surface area contributed by atoms with Crippen molar-refractivity contribution < 1.29 is 4.79 Å². The molecule has 0 unspecified atom stereocenters. The van der Waals surface area contributed by atoms with E-state index in [0.29, 0.717) is 27.7 Å². The number of halogens is 1. The molecule has 0 saturated carbocycles. The van der Waals surface area contributed by atoms with Gasteiger partial charge in [0, 0.05) is 11.8 Å². The van der Waals surface area contributed by atoms with Crippen LogP contribution in [0.4, 0.5) is 0 Å². The van der Waals surface area contributed by atoms with Crippen molar-refractivity contribution in [1.29, 1.82) is 0 Å². The molecule has 94 valence electrons. The van der Waals surface area contributed by atoms with E-state index >= 15 is 0 Å². The first kappa shape index (κ1) is 13.0. The summed E-state index contributed by atoms with van der Waals surface area (Å²) >= 11 is 7.21. The second kappa shape index (κ2) is 5.04. The zero-order valence-electron chi connectivity index (χ0n) is 9.94. The Balaban J connectivity index is 2.39. The number of aryl methyl sites for hydroxylation is 2. The van der Waals surface area contributed by atoms with Crippen LogP contribution in [0.2, 0.25) is 5.02 Å². The molecule has 2 aromatic heterocycles. The van der Waals surface area contributed by atoms with Gasteiger partial charge in [0.05, 0.1) is 22.1 Å². The summed E-state index contributed by atoms with van der Waals surface area (Å²) in [5, 5.41) is 1.23. The number of nitrogens with zero attached hydrogens (tertiary/aromatic N) is 2. The number of aldehydes is 1. The van der Waals surface area contributed by atoms with Gasteiger partial charge in [-0.1, -0.05) is 11.6 Å². The number of pyridine rings is 1. The van der Waals surface area contributed by atoms with Gasteiger partial charge in [0.2, 0.25) is 0 Å². The standard InChI is InChI=1S/C12H11ClN2O2S/c1-7-3-9(13)4-15(12(7)17)5-11-14-8(2)10(6-16)18-11/h3-4,6H,5H2,1-2H3. The molecule has 4 nitrogen and oxygen atoms in total. The summed E-state index contributed by atoms with van der Waals surface area (Å²) in [7, 11) is 0. The van der Waals surface area contributed by atoms with Crippen molar-refractivity contribution in [3.8, 4) is 0 Å². The topological polar surface area (TPSA) is 52.0 Å². The highest BCUT2D eigenvalue weighted by Crippen LogP contribution is 2.17. The third kappa shape index (κ3) is 2.52. The Labute approximate surface area is 113 Å². The Morgan fingerprint density at radius 3 is 2.83 bits per heavy atom. The molecular formula is C12H11ClN2O2S. The van der Waals surface area contributed by atoms with E-state index < -0.39 is 0 Å². The molecule has 0 aromatic carbocycles. The van der Waals surface area contributed by atoms with Gasteiger partial charge < -0.3 is 4.57 Å². The maximum absolute atomic E-state index is 11.9. The van der Waals surface area contributed by atoms with Crippen molar-refractivity contribution in [2.45, 2.75) is 20.4 Å². The molecule has 0 aliphatic carbocycles. The van der Waals surface area contributed by atoms with Gasteiger partial charge >= 0.3 is 0 Å². The number of carbonyl (C=O) groups is 1. The molecule has 0 atom stereocenters. The fourth-order valence-corrected chi connectivity index (χ4v) is 2.81. The summed E-state index contributed by atoms with van der Waals surface area (Å²) < 4.78 is 1.50. The Kier molecular flexibility index (Phi) is 3.63. The van der Waals surface area contributed by atoms with E-state index in [4.69, 9.17) is 11.6 Å². The first-order valence-electron chi connectivity index (χ1n) is 5.29.